The number of anilines is 1. The smallest absolute Gasteiger partial charge is 0.294 e. The Balaban J connectivity index is 1.44. The highest BCUT2D eigenvalue weighted by Gasteiger charge is 2.36. The summed E-state index contributed by atoms with van der Waals surface area (Å²) < 4.78 is 16.4. The maximum absolute atomic E-state index is 12.9. The van der Waals surface area contributed by atoms with E-state index in [4.69, 9.17) is 37.4 Å². The number of carbonyl (C=O) groups excluding carboxylic acids is 3. The fourth-order valence-corrected chi connectivity index (χ4v) is 4.74. The molecule has 196 valence electrons. The van der Waals surface area contributed by atoms with E-state index in [1.807, 2.05) is 12.1 Å². The van der Waals surface area contributed by atoms with E-state index < -0.39 is 23.6 Å². The minimum absolute atomic E-state index is 0.153. The van der Waals surface area contributed by atoms with Gasteiger partial charge in [-0.25, -0.2) is 0 Å². The van der Waals surface area contributed by atoms with Crippen LogP contribution in [0.3, 0.4) is 0 Å². The van der Waals surface area contributed by atoms with E-state index in [0.717, 1.165) is 22.2 Å². The summed E-state index contributed by atoms with van der Waals surface area (Å²) in [6.07, 6.45) is 1.52. The summed E-state index contributed by atoms with van der Waals surface area (Å²) in [4.78, 5) is 38.9. The van der Waals surface area contributed by atoms with Gasteiger partial charge >= 0.3 is 0 Å². The number of benzene rings is 3. The van der Waals surface area contributed by atoms with Crippen LogP contribution in [0.4, 0.5) is 10.5 Å². The molecular weight excluding hydrogens is 551 g/mol. The van der Waals surface area contributed by atoms with Crippen molar-refractivity contribution in [2.75, 3.05) is 26.1 Å². The van der Waals surface area contributed by atoms with Gasteiger partial charge in [-0.3, -0.25) is 19.3 Å². The molecule has 1 saturated heterocycles. The predicted octanol–water partition coefficient (Wildman–Crippen LogP) is 6.26. The molecule has 3 amide bonds. The number of nitrogens with zero attached hydrogens (tertiary/aromatic N) is 1. The van der Waals surface area contributed by atoms with Crippen molar-refractivity contribution in [3.05, 3.63) is 86.7 Å². The van der Waals surface area contributed by atoms with Crippen LogP contribution in [-0.4, -0.2) is 42.7 Å². The van der Waals surface area contributed by atoms with Crippen molar-refractivity contribution in [2.45, 2.75) is 6.61 Å². The molecule has 0 atom stereocenters. The summed E-state index contributed by atoms with van der Waals surface area (Å²) in [5.41, 5.74) is 1.93. The minimum atomic E-state index is -0.581. The van der Waals surface area contributed by atoms with E-state index in [-0.39, 0.29) is 16.5 Å². The number of ether oxygens (including phenoxy) is 3. The monoisotopic (exact) mass is 572 g/mol. The number of amides is 3. The highest BCUT2D eigenvalue weighted by molar-refractivity contribution is 8.18. The van der Waals surface area contributed by atoms with E-state index in [2.05, 4.69) is 5.32 Å². The molecule has 1 heterocycles. The van der Waals surface area contributed by atoms with E-state index in [1.54, 1.807) is 48.5 Å². The first-order valence-corrected chi connectivity index (χ1v) is 12.8. The van der Waals surface area contributed by atoms with Crippen LogP contribution in [0.5, 0.6) is 17.2 Å². The summed E-state index contributed by atoms with van der Waals surface area (Å²) >= 11 is 13.1. The second-order valence-electron chi connectivity index (χ2n) is 7.99. The average molecular weight is 573 g/mol. The zero-order valence-corrected chi connectivity index (χ0v) is 22.7. The second kappa shape index (κ2) is 12.3. The predicted molar refractivity (Wildman–Crippen MR) is 148 cm³/mol. The van der Waals surface area contributed by atoms with Crippen LogP contribution in [0.2, 0.25) is 10.0 Å². The number of thioether (sulfide) groups is 1. The Hall–Kier alpha value is -3.66. The van der Waals surface area contributed by atoms with Gasteiger partial charge in [-0.15, -0.1) is 0 Å². The Bertz CT molecular complexity index is 1390. The molecule has 11 heteroatoms. The zero-order chi connectivity index (χ0) is 27.2. The SMILES string of the molecule is COc1ccc(NC(=O)CN2C(=O)S/C(=C/c3cc(Cl)c(OCc4ccc(Cl)cc4)c(OC)c3)C2=O)cc1. The largest absolute Gasteiger partial charge is 0.497 e. The van der Waals surface area contributed by atoms with Gasteiger partial charge in [-0.05, 0) is 77.5 Å². The fraction of sp³-hybridized carbons (Fsp3) is 0.148. The van der Waals surface area contributed by atoms with Crippen LogP contribution in [-0.2, 0) is 16.2 Å². The fourth-order valence-electron chi connectivity index (χ4n) is 3.51. The third-order valence-corrected chi connectivity index (χ3v) is 6.84. The van der Waals surface area contributed by atoms with E-state index in [9.17, 15) is 14.4 Å². The number of hydrogen-bond acceptors (Lipinski definition) is 7. The molecule has 1 fully saturated rings. The summed E-state index contributed by atoms with van der Waals surface area (Å²) in [6.45, 7) is -0.181. The molecule has 8 nitrogen and oxygen atoms in total. The van der Waals surface area contributed by atoms with E-state index in [0.29, 0.717) is 33.5 Å². The van der Waals surface area contributed by atoms with Gasteiger partial charge < -0.3 is 19.5 Å². The van der Waals surface area contributed by atoms with Gasteiger partial charge in [-0.1, -0.05) is 35.3 Å². The lowest BCUT2D eigenvalue weighted by Gasteiger charge is -2.14. The van der Waals surface area contributed by atoms with E-state index >= 15 is 0 Å². The zero-order valence-electron chi connectivity index (χ0n) is 20.3. The standard InChI is InChI=1S/C27H22Cl2N2O6S/c1-35-20-9-7-19(8-10-20)30-24(32)14-31-26(33)23(38-27(31)34)13-17-11-21(29)25(22(12-17)36-2)37-15-16-3-5-18(28)6-4-16/h3-13H,14-15H2,1-2H3,(H,30,32)/b23-13+. The molecule has 0 radical (unpaired) electrons. The number of hydrogen-bond donors (Lipinski definition) is 1. The quantitative estimate of drug-likeness (QED) is 0.302. The first-order chi connectivity index (χ1) is 18.3. The van der Waals surface area contributed by atoms with Crippen LogP contribution in [0.25, 0.3) is 6.08 Å². The molecule has 4 rings (SSSR count). The number of carbonyl (C=O) groups is 3. The van der Waals surface area contributed by atoms with Crippen molar-refractivity contribution in [3.63, 3.8) is 0 Å². The number of nitrogens with one attached hydrogen (secondary N) is 1. The lowest BCUT2D eigenvalue weighted by atomic mass is 10.1. The molecule has 38 heavy (non-hydrogen) atoms. The van der Waals surface area contributed by atoms with Crippen LogP contribution < -0.4 is 19.5 Å². The number of halogens is 2. The molecule has 3 aromatic carbocycles. The maximum Gasteiger partial charge on any atom is 0.294 e. The molecule has 0 unspecified atom stereocenters. The van der Waals surface area contributed by atoms with Crippen LogP contribution in [0, 0.1) is 0 Å². The highest BCUT2D eigenvalue weighted by Crippen LogP contribution is 2.39. The Kier molecular flexibility index (Phi) is 8.83. The molecule has 0 aromatic heterocycles. The average Bonchev–Trinajstić information content (AvgIpc) is 3.16. The molecule has 0 saturated carbocycles. The van der Waals surface area contributed by atoms with Gasteiger partial charge in [0.15, 0.2) is 11.5 Å². The van der Waals surface area contributed by atoms with Gasteiger partial charge in [0.25, 0.3) is 11.1 Å². The molecule has 1 N–H and O–H groups in total. The summed E-state index contributed by atoms with van der Waals surface area (Å²) in [5.74, 6) is 0.242. The lowest BCUT2D eigenvalue weighted by molar-refractivity contribution is -0.127. The Labute approximate surface area is 233 Å². The second-order valence-corrected chi connectivity index (χ2v) is 9.83. The highest BCUT2D eigenvalue weighted by atomic mass is 35.5. The van der Waals surface area contributed by atoms with Gasteiger partial charge in [0.1, 0.15) is 18.9 Å². The van der Waals surface area contributed by atoms with Crippen molar-refractivity contribution in [1.29, 1.82) is 0 Å². The van der Waals surface area contributed by atoms with Crippen molar-refractivity contribution in [1.82, 2.24) is 4.90 Å². The first kappa shape index (κ1) is 27.4. The molecule has 1 aliphatic heterocycles. The summed E-state index contributed by atoms with van der Waals surface area (Å²) in [6, 6.07) is 17.1. The van der Waals surface area contributed by atoms with Crippen molar-refractivity contribution < 1.29 is 28.6 Å². The Morgan fingerprint density at radius 2 is 1.71 bits per heavy atom. The van der Waals surface area contributed by atoms with Gasteiger partial charge in [0.2, 0.25) is 5.91 Å². The summed E-state index contributed by atoms with van der Waals surface area (Å²) in [7, 11) is 3.01. The number of methoxy groups -OCH3 is 2. The third kappa shape index (κ3) is 6.61. The molecule has 0 bridgehead atoms. The van der Waals surface area contributed by atoms with Gasteiger partial charge in [0.05, 0.1) is 24.1 Å². The van der Waals surface area contributed by atoms with Crippen molar-refractivity contribution >= 4 is 63.8 Å². The van der Waals surface area contributed by atoms with Gasteiger partial charge in [-0.2, -0.15) is 0 Å². The summed E-state index contributed by atoms with van der Waals surface area (Å²) in [5, 5.41) is 3.00. The van der Waals surface area contributed by atoms with Crippen LogP contribution >= 0.6 is 35.0 Å². The maximum atomic E-state index is 12.9. The normalized spacial score (nSPS) is 14.1. The van der Waals surface area contributed by atoms with Gasteiger partial charge in [0, 0.05) is 10.7 Å². The topological polar surface area (TPSA) is 94.2 Å². The Morgan fingerprint density at radius 3 is 2.37 bits per heavy atom. The van der Waals surface area contributed by atoms with Crippen molar-refractivity contribution in [3.8, 4) is 17.2 Å². The molecule has 1 aliphatic rings. The van der Waals surface area contributed by atoms with Crippen LogP contribution in [0.15, 0.2) is 65.6 Å². The Morgan fingerprint density at radius 1 is 1.00 bits per heavy atom. The minimum Gasteiger partial charge on any atom is -0.497 e. The van der Waals surface area contributed by atoms with Crippen LogP contribution in [0.1, 0.15) is 11.1 Å². The molecule has 0 aliphatic carbocycles. The van der Waals surface area contributed by atoms with E-state index in [1.165, 1.54) is 20.3 Å². The van der Waals surface area contributed by atoms with Crippen molar-refractivity contribution in [2.24, 2.45) is 0 Å². The number of rotatable bonds is 9. The first-order valence-electron chi connectivity index (χ1n) is 11.2. The lowest BCUT2D eigenvalue weighted by Crippen LogP contribution is -2.36. The molecular formula is C27H22Cl2N2O6S. The molecule has 3 aromatic rings. The number of imide groups is 1. The third-order valence-electron chi connectivity index (χ3n) is 5.40. The molecule has 0 spiro atoms.